The Hall–Kier alpha value is -2.70. The number of nitrogens with one attached hydrogen (secondary N) is 1. The third kappa shape index (κ3) is 4.62. The quantitative estimate of drug-likeness (QED) is 0.325. The molecule has 0 saturated carbocycles. The Labute approximate surface area is 200 Å². The van der Waals surface area contributed by atoms with Crippen LogP contribution in [0.5, 0.6) is 0 Å². The fourth-order valence-corrected chi connectivity index (χ4v) is 5.88. The molecule has 3 heterocycles. The van der Waals surface area contributed by atoms with E-state index in [1.807, 2.05) is 0 Å². The smallest absolute Gasteiger partial charge is 0.269 e. The van der Waals surface area contributed by atoms with Gasteiger partial charge in [-0.2, -0.15) is 0 Å². The number of rotatable bonds is 8. The number of fused-ring (bicyclic) bond motifs is 3. The Balaban J connectivity index is 1.45. The highest BCUT2D eigenvalue weighted by molar-refractivity contribution is 7.19. The largest absolute Gasteiger partial charge is 0.394 e. The lowest BCUT2D eigenvalue weighted by Gasteiger charge is -2.26. The number of nitro groups is 1. The first-order valence-electron chi connectivity index (χ1n) is 11.4. The molecule has 1 fully saturated rings. The lowest BCUT2D eigenvalue weighted by Crippen LogP contribution is -2.36. The summed E-state index contributed by atoms with van der Waals surface area (Å²) in [6.45, 7) is 3.29. The van der Waals surface area contributed by atoms with E-state index in [9.17, 15) is 20.3 Å². The molecular formula is C23H27N5O5S. The van der Waals surface area contributed by atoms with Gasteiger partial charge >= 0.3 is 0 Å². The number of non-ortho nitro benzene ring substituents is 1. The van der Waals surface area contributed by atoms with Crippen LogP contribution in [0.15, 0.2) is 24.3 Å². The van der Waals surface area contributed by atoms with E-state index in [1.165, 1.54) is 34.7 Å². The molecule has 0 spiro atoms. The van der Waals surface area contributed by atoms with Crippen molar-refractivity contribution in [1.82, 2.24) is 14.9 Å². The zero-order valence-electron chi connectivity index (χ0n) is 18.6. The molecule has 10 nitrogen and oxygen atoms in total. The first kappa shape index (κ1) is 23.1. The molecule has 1 saturated heterocycles. The molecule has 3 N–H and O–H groups in total. The Morgan fingerprint density at radius 1 is 1.21 bits per heavy atom. The monoisotopic (exact) mass is 485 g/mol. The summed E-state index contributed by atoms with van der Waals surface area (Å²) < 4.78 is 5.44. The van der Waals surface area contributed by atoms with Crippen LogP contribution in [0.4, 0.5) is 11.5 Å². The van der Waals surface area contributed by atoms with Crippen molar-refractivity contribution in [3.8, 4) is 0 Å². The van der Waals surface area contributed by atoms with Crippen molar-refractivity contribution in [3.63, 3.8) is 0 Å². The average Bonchev–Trinajstić information content (AvgIpc) is 3.44. The van der Waals surface area contributed by atoms with Gasteiger partial charge < -0.3 is 20.3 Å². The molecule has 180 valence electrons. The minimum Gasteiger partial charge on any atom is -0.394 e. The number of nitro benzene ring substituents is 1. The van der Waals surface area contributed by atoms with E-state index in [4.69, 9.17) is 14.7 Å². The molecule has 0 bridgehead atoms. The maximum atomic E-state index is 11.0. The number of benzene rings is 1. The lowest BCUT2D eigenvalue weighted by atomic mass is 10.0. The number of aromatic nitrogens is 2. The molecule has 1 aromatic carbocycles. The van der Waals surface area contributed by atoms with Crippen LogP contribution in [0, 0.1) is 10.1 Å². The van der Waals surface area contributed by atoms with E-state index in [2.05, 4.69) is 10.2 Å². The van der Waals surface area contributed by atoms with E-state index in [1.54, 1.807) is 11.3 Å². The lowest BCUT2D eigenvalue weighted by molar-refractivity contribution is -0.384. The van der Waals surface area contributed by atoms with Crippen LogP contribution in [0.25, 0.3) is 10.2 Å². The normalized spacial score (nSPS) is 18.1. The number of hydrogen-bond acceptors (Lipinski definition) is 10. The second-order valence-corrected chi connectivity index (χ2v) is 9.72. The molecule has 1 aliphatic heterocycles. The van der Waals surface area contributed by atoms with Crippen molar-refractivity contribution in [2.75, 3.05) is 38.2 Å². The van der Waals surface area contributed by atoms with Gasteiger partial charge in [-0.05, 0) is 42.5 Å². The SMILES string of the molecule is O=[N+]([O-])c1ccc([C@H](O)[C@@H](CO)Nc2nc(CN3CCOCC3)nc3sc4c(c23)CCC4)cc1. The molecular weight excluding hydrogens is 458 g/mol. The van der Waals surface area contributed by atoms with Gasteiger partial charge in [-0.3, -0.25) is 15.0 Å². The number of morpholine rings is 1. The summed E-state index contributed by atoms with van der Waals surface area (Å²) in [6.07, 6.45) is 2.01. The topological polar surface area (TPSA) is 134 Å². The molecule has 2 atom stereocenters. The van der Waals surface area contributed by atoms with Crippen molar-refractivity contribution in [3.05, 3.63) is 56.2 Å². The number of ether oxygens (including phenoxy) is 1. The minimum absolute atomic E-state index is 0.0523. The summed E-state index contributed by atoms with van der Waals surface area (Å²) in [7, 11) is 0. The Morgan fingerprint density at radius 2 is 1.97 bits per heavy atom. The van der Waals surface area contributed by atoms with Gasteiger partial charge in [0.25, 0.3) is 5.69 Å². The molecule has 34 heavy (non-hydrogen) atoms. The van der Waals surface area contributed by atoms with E-state index >= 15 is 0 Å². The molecule has 2 aromatic heterocycles. The number of nitrogens with zero attached hydrogens (tertiary/aromatic N) is 4. The summed E-state index contributed by atoms with van der Waals surface area (Å²) in [5.74, 6) is 1.31. The van der Waals surface area contributed by atoms with E-state index in [0.29, 0.717) is 37.0 Å². The summed E-state index contributed by atoms with van der Waals surface area (Å²) in [5, 5.41) is 36.3. The maximum absolute atomic E-state index is 11.0. The van der Waals surface area contributed by atoms with Gasteiger partial charge in [-0.1, -0.05) is 0 Å². The fraction of sp³-hybridized carbons (Fsp3) is 0.478. The van der Waals surface area contributed by atoms with Crippen LogP contribution in [0.1, 0.15) is 34.4 Å². The summed E-state index contributed by atoms with van der Waals surface area (Å²) >= 11 is 1.70. The average molecular weight is 486 g/mol. The van der Waals surface area contributed by atoms with Crippen LogP contribution in [-0.2, 0) is 24.1 Å². The fourth-order valence-electron chi connectivity index (χ4n) is 4.60. The number of aliphatic hydroxyl groups excluding tert-OH is 2. The highest BCUT2D eigenvalue weighted by atomic mass is 32.1. The van der Waals surface area contributed by atoms with Crippen LogP contribution in [0.3, 0.4) is 0 Å². The van der Waals surface area contributed by atoms with E-state index in [-0.39, 0.29) is 12.3 Å². The first-order chi connectivity index (χ1) is 16.5. The van der Waals surface area contributed by atoms with Crippen LogP contribution >= 0.6 is 11.3 Å². The van der Waals surface area contributed by atoms with Gasteiger partial charge in [0.1, 0.15) is 22.6 Å². The first-order valence-corrected chi connectivity index (χ1v) is 12.3. The molecule has 0 unspecified atom stereocenters. The molecule has 5 rings (SSSR count). The van der Waals surface area contributed by atoms with Gasteiger partial charge in [-0.25, -0.2) is 9.97 Å². The third-order valence-corrected chi connectivity index (χ3v) is 7.61. The van der Waals surface area contributed by atoms with E-state index in [0.717, 1.165) is 42.6 Å². The number of aryl methyl sites for hydroxylation is 2. The molecule has 3 aromatic rings. The van der Waals surface area contributed by atoms with Crippen LogP contribution < -0.4 is 5.32 Å². The molecule has 11 heteroatoms. The predicted octanol–water partition coefficient (Wildman–Crippen LogP) is 2.43. The predicted molar refractivity (Wildman–Crippen MR) is 128 cm³/mol. The Kier molecular flexibility index (Phi) is 6.70. The van der Waals surface area contributed by atoms with E-state index < -0.39 is 17.1 Å². The van der Waals surface area contributed by atoms with Gasteiger partial charge in [0, 0.05) is 30.1 Å². The van der Waals surface area contributed by atoms with Crippen molar-refractivity contribution in [1.29, 1.82) is 0 Å². The van der Waals surface area contributed by atoms with Gasteiger partial charge in [0.2, 0.25) is 0 Å². The molecule has 1 aliphatic carbocycles. The van der Waals surface area contributed by atoms with Gasteiger partial charge in [-0.15, -0.1) is 11.3 Å². The zero-order chi connectivity index (χ0) is 23.7. The second kappa shape index (κ2) is 9.88. The Morgan fingerprint density at radius 3 is 2.68 bits per heavy atom. The highest BCUT2D eigenvalue weighted by Crippen LogP contribution is 2.40. The minimum atomic E-state index is -1.08. The van der Waals surface area contributed by atoms with Crippen molar-refractivity contribution in [2.24, 2.45) is 0 Å². The van der Waals surface area contributed by atoms with Crippen LogP contribution in [0.2, 0.25) is 0 Å². The van der Waals surface area contributed by atoms with Crippen molar-refractivity contribution >= 4 is 33.1 Å². The summed E-state index contributed by atoms with van der Waals surface area (Å²) in [6, 6.07) is 4.97. The van der Waals surface area contributed by atoms with Crippen molar-refractivity contribution < 1.29 is 19.9 Å². The number of anilines is 1. The number of hydrogen-bond donors (Lipinski definition) is 3. The third-order valence-electron chi connectivity index (χ3n) is 6.43. The van der Waals surface area contributed by atoms with Crippen LogP contribution in [-0.4, -0.2) is 69.0 Å². The van der Waals surface area contributed by atoms with Crippen molar-refractivity contribution in [2.45, 2.75) is 38.0 Å². The molecule has 0 radical (unpaired) electrons. The summed E-state index contributed by atoms with van der Waals surface area (Å²) in [5.41, 5.74) is 1.68. The number of thiophene rings is 1. The Bertz CT molecular complexity index is 1180. The molecule has 2 aliphatic rings. The standard InChI is InChI=1S/C23H27N5O5S/c29-13-17(21(30)14-4-6-15(7-5-14)28(31)32)24-22-20-16-2-1-3-18(16)34-23(20)26-19(25-22)12-27-8-10-33-11-9-27/h4-7,17,21,29-30H,1-3,8-13H2,(H,24,25,26)/t17-,21+/m1/s1. The molecule has 0 amide bonds. The zero-order valence-corrected chi connectivity index (χ0v) is 19.5. The highest BCUT2D eigenvalue weighted by Gasteiger charge is 2.27. The van der Waals surface area contributed by atoms with Gasteiger partial charge in [0.15, 0.2) is 0 Å². The summed E-state index contributed by atoms with van der Waals surface area (Å²) in [4.78, 5) is 24.7. The number of aliphatic hydroxyl groups is 2. The van der Waals surface area contributed by atoms with Gasteiger partial charge in [0.05, 0.1) is 42.7 Å². The second-order valence-electron chi connectivity index (χ2n) is 8.64. The maximum Gasteiger partial charge on any atom is 0.269 e.